The fourth-order valence-electron chi connectivity index (χ4n) is 4.39. The van der Waals surface area contributed by atoms with E-state index in [1.165, 1.54) is 17.8 Å². The van der Waals surface area contributed by atoms with Crippen molar-refractivity contribution in [2.75, 3.05) is 13.2 Å². The zero-order chi connectivity index (χ0) is 27.4. The van der Waals surface area contributed by atoms with Crippen molar-refractivity contribution in [3.63, 3.8) is 0 Å². The van der Waals surface area contributed by atoms with Crippen LogP contribution >= 0.6 is 23.4 Å². The van der Waals surface area contributed by atoms with E-state index in [-0.39, 0.29) is 17.9 Å². The Labute approximate surface area is 226 Å². The van der Waals surface area contributed by atoms with Crippen LogP contribution in [-0.4, -0.2) is 36.6 Å². The maximum Gasteiger partial charge on any atom is 0.416 e. The predicted molar refractivity (Wildman–Crippen MR) is 145 cm³/mol. The van der Waals surface area contributed by atoms with Crippen LogP contribution in [-0.2, 0) is 15.7 Å². The molecule has 0 aromatic heterocycles. The van der Waals surface area contributed by atoms with Gasteiger partial charge in [-0.25, -0.2) is 9.98 Å². The molecular formula is C28H34ClF3N2O2S. The minimum absolute atomic E-state index is 0.00186. The molecule has 0 spiro atoms. The maximum atomic E-state index is 13.1. The van der Waals surface area contributed by atoms with Crippen LogP contribution in [0, 0.1) is 5.92 Å². The van der Waals surface area contributed by atoms with Crippen LogP contribution < -0.4 is 0 Å². The second-order valence-corrected chi connectivity index (χ2v) is 11.2. The van der Waals surface area contributed by atoms with Gasteiger partial charge in [-0.3, -0.25) is 0 Å². The summed E-state index contributed by atoms with van der Waals surface area (Å²) < 4.78 is 51.1. The van der Waals surface area contributed by atoms with Crippen LogP contribution in [0.1, 0.15) is 65.0 Å². The predicted octanol–water partition coefficient (Wildman–Crippen LogP) is 8.67. The Morgan fingerprint density at radius 1 is 1.03 bits per heavy atom. The lowest BCUT2D eigenvalue weighted by molar-refractivity contribution is -0.137. The average Bonchev–Trinajstić information content (AvgIpc) is 2.80. The molecule has 2 aromatic carbocycles. The fourth-order valence-corrected chi connectivity index (χ4v) is 5.74. The summed E-state index contributed by atoms with van der Waals surface area (Å²) in [6.07, 6.45) is -3.79. The van der Waals surface area contributed by atoms with Crippen molar-refractivity contribution in [1.29, 1.82) is 0 Å². The van der Waals surface area contributed by atoms with Crippen LogP contribution in [0.4, 0.5) is 13.2 Å². The van der Waals surface area contributed by atoms with Gasteiger partial charge >= 0.3 is 6.18 Å². The molecule has 0 saturated heterocycles. The van der Waals surface area contributed by atoms with Gasteiger partial charge in [0.1, 0.15) is 11.6 Å². The zero-order valence-electron chi connectivity index (χ0n) is 22.0. The van der Waals surface area contributed by atoms with Gasteiger partial charge in [-0.2, -0.15) is 13.2 Å². The Morgan fingerprint density at radius 3 is 2.30 bits per heavy atom. The molecule has 4 nitrogen and oxygen atoms in total. The average molecular weight is 555 g/mol. The number of alkyl halides is 3. The number of hydrogen-bond acceptors (Lipinski definition) is 5. The summed E-state index contributed by atoms with van der Waals surface area (Å²) in [7, 11) is 0. The van der Waals surface area contributed by atoms with Crippen molar-refractivity contribution in [1.82, 2.24) is 0 Å². The molecule has 0 N–H and O–H groups in total. The van der Waals surface area contributed by atoms with Gasteiger partial charge in [-0.15, -0.1) is 0 Å². The molecule has 37 heavy (non-hydrogen) atoms. The van der Waals surface area contributed by atoms with Gasteiger partial charge in [0.15, 0.2) is 0 Å². The molecule has 202 valence electrons. The number of aliphatic imine (C=N–C) groups is 2. The van der Waals surface area contributed by atoms with Crippen molar-refractivity contribution in [2.45, 2.75) is 81.4 Å². The van der Waals surface area contributed by atoms with Crippen molar-refractivity contribution in [3.8, 4) is 0 Å². The van der Waals surface area contributed by atoms with Crippen LogP contribution in [0.25, 0.3) is 0 Å². The molecule has 3 rings (SSSR count). The smallest absolute Gasteiger partial charge is 0.416 e. The van der Waals surface area contributed by atoms with Gasteiger partial charge in [0.05, 0.1) is 18.8 Å². The second-order valence-electron chi connectivity index (χ2n) is 9.63. The molecular weight excluding hydrogens is 521 g/mol. The molecule has 2 aromatic rings. The summed E-state index contributed by atoms with van der Waals surface area (Å²) in [4.78, 5) is 11.2. The molecule has 0 saturated carbocycles. The third kappa shape index (κ3) is 7.23. The first-order valence-corrected chi connectivity index (χ1v) is 13.7. The molecule has 9 heteroatoms. The minimum Gasteiger partial charge on any atom is -0.480 e. The summed E-state index contributed by atoms with van der Waals surface area (Å²) in [5.41, 5.74) is -0.473. The number of halogens is 4. The Kier molecular flexibility index (Phi) is 9.62. The standard InChI is InChI=1S/C28H34ClF3N2O2S/c1-7-35-25-24(17(3)4)33-26(36-8-2)27(6,34-25)16-18(5)22-13-12-21(15-23(22)29)37-20-11-9-10-19(14-20)28(30,31)32/h9-15,17-18,24H,7-8,16H2,1-6H3/t18?,24-,27+/m1/s1. The second kappa shape index (κ2) is 12.1. The van der Waals surface area contributed by atoms with E-state index < -0.39 is 17.3 Å². The lowest BCUT2D eigenvalue weighted by atomic mass is 9.84. The van der Waals surface area contributed by atoms with Crippen molar-refractivity contribution >= 4 is 35.2 Å². The molecule has 1 aliphatic rings. The number of rotatable bonds is 8. The number of benzene rings is 2. The fraction of sp³-hybridized carbons (Fsp3) is 0.500. The lowest BCUT2D eigenvalue weighted by Crippen LogP contribution is -2.46. The zero-order valence-corrected chi connectivity index (χ0v) is 23.6. The lowest BCUT2D eigenvalue weighted by Gasteiger charge is -2.36. The Bertz CT molecular complexity index is 1150. The Morgan fingerprint density at radius 2 is 1.70 bits per heavy atom. The van der Waals surface area contributed by atoms with E-state index in [0.717, 1.165) is 22.6 Å². The quantitative estimate of drug-likeness (QED) is 0.328. The van der Waals surface area contributed by atoms with Gasteiger partial charge in [0.25, 0.3) is 0 Å². The van der Waals surface area contributed by atoms with E-state index in [1.54, 1.807) is 12.1 Å². The van der Waals surface area contributed by atoms with E-state index in [1.807, 2.05) is 32.9 Å². The topological polar surface area (TPSA) is 43.2 Å². The normalized spacial score (nSPS) is 20.9. The highest BCUT2D eigenvalue weighted by Gasteiger charge is 2.41. The highest BCUT2D eigenvalue weighted by Crippen LogP contribution is 2.39. The van der Waals surface area contributed by atoms with E-state index in [4.69, 9.17) is 31.1 Å². The Balaban J connectivity index is 1.84. The minimum atomic E-state index is -4.38. The summed E-state index contributed by atoms with van der Waals surface area (Å²) in [6, 6.07) is 10.7. The van der Waals surface area contributed by atoms with Crippen molar-refractivity contribution < 1.29 is 22.6 Å². The van der Waals surface area contributed by atoms with Gasteiger partial charge in [0.2, 0.25) is 11.8 Å². The largest absolute Gasteiger partial charge is 0.480 e. The van der Waals surface area contributed by atoms with Crippen molar-refractivity contribution in [3.05, 3.63) is 58.6 Å². The first-order chi connectivity index (χ1) is 17.4. The van der Waals surface area contributed by atoms with E-state index in [0.29, 0.717) is 41.3 Å². The number of ether oxygens (including phenoxy) is 2. The summed E-state index contributed by atoms with van der Waals surface area (Å²) >= 11 is 7.92. The summed E-state index contributed by atoms with van der Waals surface area (Å²) in [5, 5.41) is 0.549. The van der Waals surface area contributed by atoms with E-state index >= 15 is 0 Å². The molecule has 1 aliphatic heterocycles. The van der Waals surface area contributed by atoms with E-state index in [2.05, 4.69) is 20.8 Å². The van der Waals surface area contributed by atoms with Gasteiger partial charge < -0.3 is 9.47 Å². The number of hydrogen-bond donors (Lipinski definition) is 0. The van der Waals surface area contributed by atoms with Crippen LogP contribution in [0.15, 0.2) is 62.2 Å². The molecule has 0 amide bonds. The Hall–Kier alpha value is -2.19. The van der Waals surface area contributed by atoms with Gasteiger partial charge in [-0.05, 0) is 74.9 Å². The molecule has 0 radical (unpaired) electrons. The monoisotopic (exact) mass is 554 g/mol. The van der Waals surface area contributed by atoms with Gasteiger partial charge in [-0.1, -0.05) is 56.3 Å². The summed E-state index contributed by atoms with van der Waals surface area (Å²) in [5.74, 6) is 1.42. The van der Waals surface area contributed by atoms with E-state index in [9.17, 15) is 13.2 Å². The van der Waals surface area contributed by atoms with Gasteiger partial charge in [0, 0.05) is 14.8 Å². The number of nitrogens with zero attached hydrogens (tertiary/aromatic N) is 2. The molecule has 0 aliphatic carbocycles. The van der Waals surface area contributed by atoms with Crippen LogP contribution in [0.2, 0.25) is 5.02 Å². The molecule has 3 atom stereocenters. The summed E-state index contributed by atoms with van der Waals surface area (Å²) in [6.45, 7) is 13.1. The van der Waals surface area contributed by atoms with Crippen molar-refractivity contribution in [2.24, 2.45) is 15.9 Å². The highest BCUT2D eigenvalue weighted by molar-refractivity contribution is 7.99. The first-order valence-electron chi connectivity index (χ1n) is 12.5. The molecule has 1 heterocycles. The van der Waals surface area contributed by atoms with Crippen LogP contribution in [0.3, 0.4) is 0 Å². The third-order valence-corrected chi connectivity index (χ3v) is 7.44. The highest BCUT2D eigenvalue weighted by atomic mass is 35.5. The van der Waals surface area contributed by atoms with Crippen LogP contribution in [0.5, 0.6) is 0 Å². The maximum absolute atomic E-state index is 13.1. The molecule has 0 bridgehead atoms. The SMILES string of the molecule is CCOC1=N[C@@](C)(CC(C)c2ccc(Sc3cccc(C(F)(F)F)c3)cc2Cl)C(OCC)=N[C@@H]1C(C)C. The molecule has 0 fully saturated rings. The molecule has 1 unspecified atom stereocenters. The first kappa shape index (κ1) is 29.4. The third-order valence-electron chi connectivity index (χ3n) is 6.14.